The highest BCUT2D eigenvalue weighted by Gasteiger charge is 2.04. The van der Waals surface area contributed by atoms with Crippen LogP contribution in [-0.2, 0) is 17.3 Å². The molecular weight excluding hydrogens is 198 g/mol. The molecule has 4 nitrogen and oxygen atoms in total. The maximum absolute atomic E-state index is 11.2. The first-order chi connectivity index (χ1) is 6.67. The van der Waals surface area contributed by atoms with Gasteiger partial charge in [0.25, 0.3) is 0 Å². The summed E-state index contributed by atoms with van der Waals surface area (Å²) in [6.07, 6.45) is 1.97. The lowest BCUT2D eigenvalue weighted by Crippen LogP contribution is -2.10. The van der Waals surface area contributed by atoms with E-state index in [-0.39, 0.29) is 0 Å². The molecule has 1 aromatic rings. The van der Waals surface area contributed by atoms with E-state index in [1.54, 1.807) is 0 Å². The van der Waals surface area contributed by atoms with Crippen molar-refractivity contribution in [2.75, 3.05) is 23.9 Å². The zero-order valence-electron chi connectivity index (χ0n) is 8.91. The Hall–Kier alpha value is -0.840. The molecule has 0 fully saturated rings. The van der Waals surface area contributed by atoms with E-state index in [1.165, 1.54) is 0 Å². The fourth-order valence-electron chi connectivity index (χ4n) is 1.26. The van der Waals surface area contributed by atoms with E-state index in [2.05, 4.69) is 10.3 Å². The summed E-state index contributed by atoms with van der Waals surface area (Å²) in [7, 11) is 1.14. The van der Waals surface area contributed by atoms with Crippen LogP contribution in [0.1, 0.15) is 12.6 Å². The van der Waals surface area contributed by atoms with Gasteiger partial charge in [0.15, 0.2) is 0 Å². The molecule has 0 aliphatic heterocycles. The van der Waals surface area contributed by atoms with Gasteiger partial charge in [-0.15, -0.1) is 0 Å². The normalized spacial score (nSPS) is 12.8. The van der Waals surface area contributed by atoms with Gasteiger partial charge in [-0.25, -0.2) is 4.98 Å². The molecule has 1 rings (SSSR count). The van der Waals surface area contributed by atoms with Gasteiger partial charge in [0.05, 0.1) is 5.69 Å². The second-order valence-electron chi connectivity index (χ2n) is 3.08. The lowest BCUT2D eigenvalue weighted by molar-refractivity contribution is 0.675. The topological polar surface area (TPSA) is 46.9 Å². The van der Waals surface area contributed by atoms with E-state index < -0.39 is 10.8 Å². The number of rotatable bonds is 5. The molecule has 0 aromatic carbocycles. The first-order valence-electron chi connectivity index (χ1n) is 4.74. The first kappa shape index (κ1) is 11.2. The van der Waals surface area contributed by atoms with Crippen molar-refractivity contribution in [2.45, 2.75) is 20.4 Å². The second kappa shape index (κ2) is 5.14. The molecule has 5 heteroatoms. The Kier molecular flexibility index (Phi) is 4.13. The molecule has 14 heavy (non-hydrogen) atoms. The number of nitrogens with one attached hydrogen (secondary N) is 1. The van der Waals surface area contributed by atoms with Gasteiger partial charge in [0, 0.05) is 42.1 Å². The van der Waals surface area contributed by atoms with Crippen LogP contribution in [0.15, 0.2) is 6.20 Å². The fourth-order valence-corrected chi connectivity index (χ4v) is 1.95. The lowest BCUT2D eigenvalue weighted by atomic mass is 10.6. The van der Waals surface area contributed by atoms with Gasteiger partial charge in [0.2, 0.25) is 5.95 Å². The van der Waals surface area contributed by atoms with Crippen LogP contribution in [-0.4, -0.2) is 32.3 Å². The Morgan fingerprint density at radius 1 is 1.64 bits per heavy atom. The summed E-state index contributed by atoms with van der Waals surface area (Å²) < 4.78 is 13.3. The highest BCUT2D eigenvalue weighted by atomic mass is 32.2. The van der Waals surface area contributed by atoms with Gasteiger partial charge in [-0.1, -0.05) is 6.92 Å². The zero-order chi connectivity index (χ0) is 10.6. The molecule has 1 atom stereocenters. The summed E-state index contributed by atoms with van der Waals surface area (Å²) in [4.78, 5) is 4.29. The maximum Gasteiger partial charge on any atom is 0.202 e. The molecular formula is C9H17N3OS. The van der Waals surface area contributed by atoms with Crippen molar-refractivity contribution >= 4 is 16.7 Å². The van der Waals surface area contributed by atoms with Gasteiger partial charge in [0.1, 0.15) is 0 Å². The Morgan fingerprint density at radius 3 is 2.93 bits per heavy atom. The molecule has 0 bridgehead atoms. The molecule has 0 aliphatic rings. The third-order valence-electron chi connectivity index (χ3n) is 2.00. The minimum absolute atomic E-state index is 0.695. The van der Waals surface area contributed by atoms with Crippen molar-refractivity contribution in [3.8, 4) is 0 Å². The van der Waals surface area contributed by atoms with Gasteiger partial charge in [-0.2, -0.15) is 0 Å². The van der Waals surface area contributed by atoms with Crippen LogP contribution in [0, 0.1) is 6.92 Å². The molecule has 1 aromatic heterocycles. The van der Waals surface area contributed by atoms with Crippen LogP contribution in [0.2, 0.25) is 0 Å². The van der Waals surface area contributed by atoms with Crippen LogP contribution in [0.3, 0.4) is 0 Å². The van der Waals surface area contributed by atoms with E-state index in [9.17, 15) is 4.21 Å². The van der Waals surface area contributed by atoms with Crippen molar-refractivity contribution in [3.05, 3.63) is 11.9 Å². The molecule has 80 valence electrons. The molecule has 1 unspecified atom stereocenters. The van der Waals surface area contributed by atoms with Crippen molar-refractivity contribution in [1.82, 2.24) is 9.55 Å². The molecule has 0 saturated heterocycles. The van der Waals surface area contributed by atoms with Gasteiger partial charge in [-0.05, 0) is 6.92 Å². The number of imidazole rings is 1. The molecule has 1 heterocycles. The molecule has 0 aliphatic carbocycles. The van der Waals surface area contributed by atoms with E-state index in [0.717, 1.165) is 23.9 Å². The standard InChI is InChI=1S/C9H17N3OS/c1-4-14(13)6-5-12-7-8(2)11-9(12)10-3/h7H,4-6H2,1-3H3,(H,10,11). The third kappa shape index (κ3) is 2.83. The summed E-state index contributed by atoms with van der Waals surface area (Å²) in [6.45, 7) is 4.65. The van der Waals surface area contributed by atoms with E-state index in [1.807, 2.05) is 31.7 Å². The van der Waals surface area contributed by atoms with Crippen molar-refractivity contribution < 1.29 is 4.21 Å². The minimum Gasteiger partial charge on any atom is -0.359 e. The van der Waals surface area contributed by atoms with Crippen LogP contribution in [0.4, 0.5) is 5.95 Å². The Balaban J connectivity index is 2.61. The average molecular weight is 215 g/mol. The van der Waals surface area contributed by atoms with Gasteiger partial charge in [-0.3, -0.25) is 4.21 Å². The SMILES string of the molecule is CCS(=O)CCn1cc(C)nc1NC. The lowest BCUT2D eigenvalue weighted by Gasteiger charge is -2.05. The average Bonchev–Trinajstić information content (AvgIpc) is 2.55. The number of aryl methyl sites for hydroxylation is 2. The third-order valence-corrected chi connectivity index (χ3v) is 3.28. The monoisotopic (exact) mass is 215 g/mol. The molecule has 0 spiro atoms. The second-order valence-corrected chi connectivity index (χ2v) is 4.95. The maximum atomic E-state index is 11.2. The molecule has 0 amide bonds. The number of hydrogen-bond acceptors (Lipinski definition) is 3. The molecule has 0 radical (unpaired) electrons. The van der Waals surface area contributed by atoms with E-state index >= 15 is 0 Å². The van der Waals surface area contributed by atoms with Crippen LogP contribution in [0.25, 0.3) is 0 Å². The van der Waals surface area contributed by atoms with Gasteiger partial charge < -0.3 is 9.88 Å². The molecule has 0 saturated carbocycles. The predicted octanol–water partition coefficient (Wildman–Crippen LogP) is 1.00. The largest absolute Gasteiger partial charge is 0.359 e. The smallest absolute Gasteiger partial charge is 0.202 e. The first-order valence-corrected chi connectivity index (χ1v) is 6.22. The number of nitrogens with zero attached hydrogens (tertiary/aromatic N) is 2. The highest BCUT2D eigenvalue weighted by Crippen LogP contribution is 2.07. The summed E-state index contributed by atoms with van der Waals surface area (Å²) >= 11 is 0. The summed E-state index contributed by atoms with van der Waals surface area (Å²) in [5.74, 6) is 2.26. The van der Waals surface area contributed by atoms with Gasteiger partial charge >= 0.3 is 0 Å². The Bertz CT molecular complexity index is 322. The summed E-state index contributed by atoms with van der Waals surface area (Å²) in [5, 5.41) is 3.01. The number of anilines is 1. The fraction of sp³-hybridized carbons (Fsp3) is 0.667. The van der Waals surface area contributed by atoms with Crippen LogP contribution >= 0.6 is 0 Å². The minimum atomic E-state index is -0.705. The van der Waals surface area contributed by atoms with Crippen LogP contribution < -0.4 is 5.32 Å². The Labute approximate surface area is 87.2 Å². The predicted molar refractivity (Wildman–Crippen MR) is 60.1 cm³/mol. The van der Waals surface area contributed by atoms with Crippen molar-refractivity contribution in [1.29, 1.82) is 0 Å². The zero-order valence-corrected chi connectivity index (χ0v) is 9.73. The van der Waals surface area contributed by atoms with Crippen molar-refractivity contribution in [3.63, 3.8) is 0 Å². The quantitative estimate of drug-likeness (QED) is 0.797. The van der Waals surface area contributed by atoms with E-state index in [4.69, 9.17) is 0 Å². The summed E-state index contributed by atoms with van der Waals surface area (Å²) in [5.41, 5.74) is 0.983. The number of hydrogen-bond donors (Lipinski definition) is 1. The van der Waals surface area contributed by atoms with Crippen LogP contribution in [0.5, 0.6) is 0 Å². The molecule has 1 N–H and O–H groups in total. The number of aromatic nitrogens is 2. The summed E-state index contributed by atoms with van der Waals surface area (Å²) in [6, 6.07) is 0. The van der Waals surface area contributed by atoms with Crippen molar-refractivity contribution in [2.24, 2.45) is 0 Å². The Morgan fingerprint density at radius 2 is 2.36 bits per heavy atom. The van der Waals surface area contributed by atoms with E-state index in [0.29, 0.717) is 5.75 Å². The highest BCUT2D eigenvalue weighted by molar-refractivity contribution is 7.84.